The van der Waals surface area contributed by atoms with Crippen molar-refractivity contribution >= 4 is 5.91 Å². The summed E-state index contributed by atoms with van der Waals surface area (Å²) in [6.45, 7) is 5.13. The van der Waals surface area contributed by atoms with Crippen molar-refractivity contribution in [3.63, 3.8) is 0 Å². The van der Waals surface area contributed by atoms with Gasteiger partial charge in [0.25, 0.3) is 5.91 Å². The third-order valence-electron chi connectivity index (χ3n) is 5.58. The van der Waals surface area contributed by atoms with Crippen molar-refractivity contribution < 1.29 is 14.3 Å². The standard InChI is InChI=1S/C23H24FN3O2/c1-15-5-3-4-6-21(15)27-22(13-16(2)25-27)17-9-11-26(12-10-17)23(29)19-14-18(28)7-8-20(19)24/h3-8,13-14,17,28H,9-12H2,1-2H3. The van der Waals surface area contributed by atoms with Crippen LogP contribution < -0.4 is 0 Å². The second-order valence-electron chi connectivity index (χ2n) is 7.64. The normalized spacial score (nSPS) is 14.9. The van der Waals surface area contributed by atoms with Gasteiger partial charge in [0.05, 0.1) is 16.9 Å². The molecule has 0 unspecified atom stereocenters. The first-order chi connectivity index (χ1) is 13.9. The molecule has 1 aliphatic heterocycles. The average Bonchev–Trinajstić information content (AvgIpc) is 3.11. The van der Waals surface area contributed by atoms with Gasteiger partial charge >= 0.3 is 0 Å². The van der Waals surface area contributed by atoms with Crippen LogP contribution in [0.3, 0.4) is 0 Å². The highest BCUT2D eigenvalue weighted by molar-refractivity contribution is 5.95. The largest absolute Gasteiger partial charge is 0.508 e. The highest BCUT2D eigenvalue weighted by Crippen LogP contribution is 2.32. The molecule has 1 aromatic heterocycles. The number of hydrogen-bond donors (Lipinski definition) is 1. The van der Waals surface area contributed by atoms with Gasteiger partial charge in [-0.2, -0.15) is 5.10 Å². The second-order valence-corrected chi connectivity index (χ2v) is 7.64. The van der Waals surface area contributed by atoms with Gasteiger partial charge in [0.15, 0.2) is 0 Å². The van der Waals surface area contributed by atoms with Crippen molar-refractivity contribution in [2.45, 2.75) is 32.6 Å². The Morgan fingerprint density at radius 3 is 2.55 bits per heavy atom. The quantitative estimate of drug-likeness (QED) is 0.720. The number of nitrogens with zero attached hydrogens (tertiary/aromatic N) is 3. The highest BCUT2D eigenvalue weighted by atomic mass is 19.1. The summed E-state index contributed by atoms with van der Waals surface area (Å²) < 4.78 is 16.0. The molecule has 0 aliphatic carbocycles. The SMILES string of the molecule is Cc1cc(C2CCN(C(=O)c3cc(O)ccc3F)CC2)n(-c2ccccc2C)n1. The molecule has 6 heteroatoms. The van der Waals surface area contributed by atoms with Crippen LogP contribution in [0, 0.1) is 19.7 Å². The minimum Gasteiger partial charge on any atom is -0.508 e. The maximum atomic E-state index is 14.0. The number of phenolic OH excluding ortho intramolecular Hbond substituents is 1. The van der Waals surface area contributed by atoms with E-state index < -0.39 is 5.82 Å². The summed E-state index contributed by atoms with van der Waals surface area (Å²) in [5.74, 6) is -0.820. The van der Waals surface area contributed by atoms with Gasteiger partial charge < -0.3 is 10.0 Å². The number of aromatic nitrogens is 2. The van der Waals surface area contributed by atoms with Crippen molar-refractivity contribution in [1.82, 2.24) is 14.7 Å². The molecule has 0 saturated carbocycles. The molecule has 0 atom stereocenters. The van der Waals surface area contributed by atoms with Crippen LogP contribution in [0.2, 0.25) is 0 Å². The van der Waals surface area contributed by atoms with Gasteiger partial charge in [-0.3, -0.25) is 4.79 Å². The van der Waals surface area contributed by atoms with E-state index in [4.69, 9.17) is 5.10 Å². The molecular weight excluding hydrogens is 369 g/mol. The third kappa shape index (κ3) is 3.75. The summed E-state index contributed by atoms with van der Waals surface area (Å²) in [6.07, 6.45) is 1.56. The Labute approximate surface area is 169 Å². The summed E-state index contributed by atoms with van der Waals surface area (Å²) in [7, 11) is 0. The molecule has 2 aromatic carbocycles. The molecule has 3 aromatic rings. The van der Waals surface area contributed by atoms with Crippen LogP contribution in [0.15, 0.2) is 48.5 Å². The van der Waals surface area contributed by atoms with Crippen LogP contribution in [0.1, 0.15) is 46.1 Å². The summed E-state index contributed by atoms with van der Waals surface area (Å²) >= 11 is 0. The van der Waals surface area contributed by atoms with E-state index >= 15 is 0 Å². The molecule has 1 amide bonds. The topological polar surface area (TPSA) is 58.4 Å². The first kappa shape index (κ1) is 19.2. The number of para-hydroxylation sites is 1. The molecule has 29 heavy (non-hydrogen) atoms. The Balaban J connectivity index is 1.53. The van der Waals surface area contributed by atoms with Crippen LogP contribution in [0.25, 0.3) is 5.69 Å². The van der Waals surface area contributed by atoms with Gasteiger partial charge in [0.2, 0.25) is 0 Å². The second kappa shape index (κ2) is 7.70. The minimum atomic E-state index is -0.608. The van der Waals surface area contributed by atoms with Gasteiger partial charge in [-0.05, 0) is 62.6 Å². The molecule has 5 nitrogen and oxygen atoms in total. The Hall–Kier alpha value is -3.15. The number of aromatic hydroxyl groups is 1. The number of aryl methyl sites for hydroxylation is 2. The first-order valence-corrected chi connectivity index (χ1v) is 9.84. The predicted octanol–water partition coefficient (Wildman–Crippen LogP) is 4.35. The van der Waals surface area contributed by atoms with Crippen LogP contribution in [0.4, 0.5) is 4.39 Å². The lowest BCUT2D eigenvalue weighted by Crippen LogP contribution is -2.38. The van der Waals surface area contributed by atoms with Crippen LogP contribution in [-0.2, 0) is 0 Å². The van der Waals surface area contributed by atoms with Crippen LogP contribution in [0.5, 0.6) is 5.75 Å². The lowest BCUT2D eigenvalue weighted by Gasteiger charge is -2.32. The van der Waals surface area contributed by atoms with E-state index in [1.165, 1.54) is 12.1 Å². The fraction of sp³-hybridized carbons (Fsp3) is 0.304. The van der Waals surface area contributed by atoms with E-state index in [1.54, 1.807) is 4.90 Å². The monoisotopic (exact) mass is 393 g/mol. The van der Waals surface area contributed by atoms with Crippen molar-refractivity contribution in [1.29, 1.82) is 0 Å². The summed E-state index contributed by atoms with van der Waals surface area (Å²) in [5, 5.41) is 14.3. The van der Waals surface area contributed by atoms with Crippen molar-refractivity contribution in [2.24, 2.45) is 0 Å². The zero-order valence-electron chi connectivity index (χ0n) is 16.6. The number of amides is 1. The van der Waals surface area contributed by atoms with E-state index in [0.717, 1.165) is 41.5 Å². The fourth-order valence-corrected chi connectivity index (χ4v) is 4.03. The Kier molecular flexibility index (Phi) is 5.09. The minimum absolute atomic E-state index is 0.0794. The van der Waals surface area contributed by atoms with Crippen molar-refractivity contribution in [2.75, 3.05) is 13.1 Å². The van der Waals surface area contributed by atoms with E-state index in [2.05, 4.69) is 25.1 Å². The van der Waals surface area contributed by atoms with Gasteiger partial charge in [-0.1, -0.05) is 18.2 Å². The third-order valence-corrected chi connectivity index (χ3v) is 5.58. The Bertz CT molecular complexity index is 1050. The van der Waals surface area contributed by atoms with Gasteiger partial charge in [-0.15, -0.1) is 0 Å². The van der Waals surface area contributed by atoms with Gasteiger partial charge in [0, 0.05) is 24.7 Å². The number of likely N-dealkylation sites (tertiary alicyclic amines) is 1. The molecule has 0 spiro atoms. The molecule has 4 rings (SSSR count). The summed E-state index contributed by atoms with van der Waals surface area (Å²) in [6, 6.07) is 13.8. The van der Waals surface area contributed by atoms with E-state index in [-0.39, 0.29) is 23.1 Å². The Morgan fingerprint density at radius 1 is 1.10 bits per heavy atom. The lowest BCUT2D eigenvalue weighted by molar-refractivity contribution is 0.0706. The number of hydrogen-bond acceptors (Lipinski definition) is 3. The van der Waals surface area contributed by atoms with Crippen molar-refractivity contribution in [3.05, 3.63) is 76.9 Å². The zero-order valence-corrected chi connectivity index (χ0v) is 16.6. The molecule has 2 heterocycles. The first-order valence-electron chi connectivity index (χ1n) is 9.84. The highest BCUT2D eigenvalue weighted by Gasteiger charge is 2.28. The molecule has 0 radical (unpaired) electrons. The number of benzene rings is 2. The molecule has 1 N–H and O–H groups in total. The molecule has 1 fully saturated rings. The van der Waals surface area contributed by atoms with Crippen molar-refractivity contribution in [3.8, 4) is 11.4 Å². The van der Waals surface area contributed by atoms with Gasteiger partial charge in [0.1, 0.15) is 11.6 Å². The maximum absolute atomic E-state index is 14.0. The number of carbonyl (C=O) groups excluding carboxylic acids is 1. The van der Waals surface area contributed by atoms with E-state index in [1.807, 2.05) is 23.7 Å². The summed E-state index contributed by atoms with van der Waals surface area (Å²) in [5.41, 5.74) is 4.25. The van der Waals surface area contributed by atoms with E-state index in [0.29, 0.717) is 13.1 Å². The van der Waals surface area contributed by atoms with E-state index in [9.17, 15) is 14.3 Å². The maximum Gasteiger partial charge on any atom is 0.256 e. The molecule has 1 aliphatic rings. The van der Waals surface area contributed by atoms with Crippen LogP contribution in [-0.4, -0.2) is 38.8 Å². The number of halogens is 1. The smallest absolute Gasteiger partial charge is 0.256 e. The predicted molar refractivity (Wildman–Crippen MR) is 109 cm³/mol. The number of piperidine rings is 1. The molecular formula is C23H24FN3O2. The molecule has 1 saturated heterocycles. The number of phenols is 1. The zero-order chi connectivity index (χ0) is 20.5. The number of carbonyl (C=O) groups is 1. The fourth-order valence-electron chi connectivity index (χ4n) is 4.03. The van der Waals surface area contributed by atoms with Gasteiger partial charge in [-0.25, -0.2) is 9.07 Å². The lowest BCUT2D eigenvalue weighted by atomic mass is 9.92. The molecule has 150 valence electrons. The number of rotatable bonds is 3. The Morgan fingerprint density at radius 2 is 1.83 bits per heavy atom. The van der Waals surface area contributed by atoms with Crippen LogP contribution >= 0.6 is 0 Å². The average molecular weight is 393 g/mol. The molecule has 0 bridgehead atoms. The summed E-state index contributed by atoms with van der Waals surface area (Å²) in [4.78, 5) is 14.4.